The monoisotopic (exact) mass is 233 g/mol. The van der Waals surface area contributed by atoms with E-state index in [1.54, 1.807) is 0 Å². The van der Waals surface area contributed by atoms with Gasteiger partial charge in [-0.15, -0.1) is 11.3 Å². The Kier molecular flexibility index (Phi) is 4.89. The van der Waals surface area contributed by atoms with E-state index >= 15 is 0 Å². The van der Waals surface area contributed by atoms with Gasteiger partial charge in [-0.25, -0.2) is 0 Å². The van der Waals surface area contributed by atoms with E-state index in [9.17, 15) is 0 Å². The van der Waals surface area contributed by atoms with Gasteiger partial charge < -0.3 is 10.5 Å². The van der Waals surface area contributed by atoms with Gasteiger partial charge in [0.2, 0.25) is 0 Å². The summed E-state index contributed by atoms with van der Waals surface area (Å²) in [6.45, 7) is 4.65. The Morgan fingerprint density at radius 1 is 1.57 bits per heavy atom. The van der Waals surface area contributed by atoms with Crippen LogP contribution >= 0.6 is 22.9 Å². The normalized spacial score (nSPS) is 15.4. The molecular weight excluding hydrogens is 218 g/mol. The predicted octanol–water partition coefficient (Wildman–Crippen LogP) is 3.22. The van der Waals surface area contributed by atoms with E-state index < -0.39 is 0 Å². The Morgan fingerprint density at radius 2 is 2.29 bits per heavy atom. The maximum atomic E-state index is 5.85. The van der Waals surface area contributed by atoms with E-state index in [4.69, 9.17) is 22.1 Å². The number of hydrogen-bond donors (Lipinski definition) is 1. The maximum absolute atomic E-state index is 5.85. The van der Waals surface area contributed by atoms with Gasteiger partial charge in [-0.2, -0.15) is 0 Å². The van der Waals surface area contributed by atoms with E-state index in [-0.39, 0.29) is 12.2 Å². The third-order valence-corrected chi connectivity index (χ3v) is 3.42. The molecule has 0 spiro atoms. The molecule has 4 heteroatoms. The van der Waals surface area contributed by atoms with Crippen LogP contribution in [0, 0.1) is 0 Å². The Bertz CT molecular complexity index is 277. The van der Waals surface area contributed by atoms with Crippen molar-refractivity contribution in [2.24, 2.45) is 5.73 Å². The van der Waals surface area contributed by atoms with Crippen LogP contribution in [0.25, 0.3) is 0 Å². The molecule has 1 heterocycles. The van der Waals surface area contributed by atoms with Crippen LogP contribution in [0.5, 0.6) is 0 Å². The van der Waals surface area contributed by atoms with E-state index in [0.29, 0.717) is 6.54 Å². The second kappa shape index (κ2) is 5.71. The van der Waals surface area contributed by atoms with Gasteiger partial charge in [0.25, 0.3) is 0 Å². The summed E-state index contributed by atoms with van der Waals surface area (Å²) in [6.07, 6.45) is 1.22. The summed E-state index contributed by atoms with van der Waals surface area (Å²) in [4.78, 5) is 1.11. The largest absolute Gasteiger partial charge is 0.368 e. The topological polar surface area (TPSA) is 35.2 Å². The summed E-state index contributed by atoms with van der Waals surface area (Å²) in [7, 11) is 0. The molecule has 0 radical (unpaired) electrons. The number of nitrogens with two attached hydrogens (primary N) is 1. The first-order valence-electron chi connectivity index (χ1n) is 4.78. The summed E-state index contributed by atoms with van der Waals surface area (Å²) < 4.78 is 6.56. The number of ether oxygens (including phenoxy) is 1. The van der Waals surface area contributed by atoms with Crippen molar-refractivity contribution >= 4 is 22.9 Å². The zero-order valence-corrected chi connectivity index (χ0v) is 10.1. The SMILES string of the molecule is CCC(C)OC(CN)c1ccc(Cl)s1. The van der Waals surface area contributed by atoms with Crippen molar-refractivity contribution in [1.29, 1.82) is 0 Å². The van der Waals surface area contributed by atoms with E-state index in [1.165, 1.54) is 11.3 Å². The van der Waals surface area contributed by atoms with Crippen molar-refractivity contribution in [3.8, 4) is 0 Å². The maximum Gasteiger partial charge on any atom is 0.104 e. The lowest BCUT2D eigenvalue weighted by Crippen LogP contribution is -2.19. The van der Waals surface area contributed by atoms with Crippen LogP contribution in [0.2, 0.25) is 4.34 Å². The lowest BCUT2D eigenvalue weighted by Gasteiger charge is -2.19. The molecule has 0 aliphatic carbocycles. The van der Waals surface area contributed by atoms with Crippen LogP contribution in [-0.2, 0) is 4.74 Å². The molecule has 2 nitrogen and oxygen atoms in total. The van der Waals surface area contributed by atoms with Crippen molar-refractivity contribution in [2.45, 2.75) is 32.5 Å². The van der Waals surface area contributed by atoms with Gasteiger partial charge in [-0.05, 0) is 25.5 Å². The second-order valence-corrected chi connectivity index (χ2v) is 4.97. The summed E-state index contributed by atoms with van der Waals surface area (Å²) in [5.74, 6) is 0. The number of thiophene rings is 1. The highest BCUT2D eigenvalue weighted by Crippen LogP contribution is 2.29. The minimum absolute atomic E-state index is 0.0116. The van der Waals surface area contributed by atoms with Gasteiger partial charge >= 0.3 is 0 Å². The van der Waals surface area contributed by atoms with Crippen LogP contribution < -0.4 is 5.73 Å². The summed E-state index contributed by atoms with van der Waals surface area (Å²) in [5.41, 5.74) is 5.66. The Labute approximate surface area is 94.0 Å². The van der Waals surface area contributed by atoms with Crippen molar-refractivity contribution in [3.63, 3.8) is 0 Å². The Morgan fingerprint density at radius 3 is 2.71 bits per heavy atom. The molecule has 1 aromatic rings. The summed E-state index contributed by atoms with van der Waals surface area (Å²) in [6, 6.07) is 3.86. The first-order valence-corrected chi connectivity index (χ1v) is 5.97. The highest BCUT2D eigenvalue weighted by atomic mass is 35.5. The zero-order chi connectivity index (χ0) is 10.6. The minimum atomic E-state index is -0.0116. The number of hydrogen-bond acceptors (Lipinski definition) is 3. The smallest absolute Gasteiger partial charge is 0.104 e. The first kappa shape index (κ1) is 12.0. The molecular formula is C10H16ClNOS. The number of halogens is 1. The summed E-state index contributed by atoms with van der Waals surface area (Å²) >= 11 is 7.39. The lowest BCUT2D eigenvalue weighted by molar-refractivity contribution is 0.00190. The van der Waals surface area contributed by atoms with Crippen LogP contribution in [0.3, 0.4) is 0 Å². The fraction of sp³-hybridized carbons (Fsp3) is 0.600. The lowest BCUT2D eigenvalue weighted by atomic mass is 10.2. The van der Waals surface area contributed by atoms with Gasteiger partial charge in [0.15, 0.2) is 0 Å². The first-order chi connectivity index (χ1) is 6.67. The average molecular weight is 234 g/mol. The third kappa shape index (κ3) is 3.24. The Hall–Kier alpha value is -0.0900. The highest BCUT2D eigenvalue weighted by molar-refractivity contribution is 7.16. The molecule has 14 heavy (non-hydrogen) atoms. The minimum Gasteiger partial charge on any atom is -0.368 e. The molecule has 2 unspecified atom stereocenters. The predicted molar refractivity (Wildman–Crippen MR) is 62.0 cm³/mol. The molecule has 0 aromatic carbocycles. The molecule has 0 aliphatic heterocycles. The van der Waals surface area contributed by atoms with Crippen molar-refractivity contribution in [3.05, 3.63) is 21.3 Å². The fourth-order valence-electron chi connectivity index (χ4n) is 1.12. The van der Waals surface area contributed by atoms with Crippen LogP contribution in [0.15, 0.2) is 12.1 Å². The van der Waals surface area contributed by atoms with E-state index in [1.807, 2.05) is 12.1 Å². The molecule has 0 saturated carbocycles. The van der Waals surface area contributed by atoms with Crippen LogP contribution in [-0.4, -0.2) is 12.6 Å². The highest BCUT2D eigenvalue weighted by Gasteiger charge is 2.14. The van der Waals surface area contributed by atoms with Gasteiger partial charge in [0.05, 0.1) is 10.4 Å². The molecule has 0 aliphatic rings. The van der Waals surface area contributed by atoms with Crippen LogP contribution in [0.1, 0.15) is 31.2 Å². The van der Waals surface area contributed by atoms with E-state index in [0.717, 1.165) is 15.6 Å². The zero-order valence-electron chi connectivity index (χ0n) is 8.50. The Balaban J connectivity index is 2.62. The quantitative estimate of drug-likeness (QED) is 0.848. The second-order valence-electron chi connectivity index (χ2n) is 3.22. The van der Waals surface area contributed by atoms with Gasteiger partial charge in [-0.1, -0.05) is 18.5 Å². The molecule has 1 aromatic heterocycles. The molecule has 1 rings (SSSR count). The fourth-order valence-corrected chi connectivity index (χ4v) is 2.23. The van der Waals surface area contributed by atoms with Crippen molar-refractivity contribution in [1.82, 2.24) is 0 Å². The molecule has 0 amide bonds. The standard InChI is InChI=1S/C10H16ClNOS/c1-3-7(2)13-8(6-12)9-4-5-10(11)14-9/h4-5,7-8H,3,6,12H2,1-2H3. The van der Waals surface area contributed by atoms with Gasteiger partial charge in [-0.3, -0.25) is 0 Å². The van der Waals surface area contributed by atoms with Gasteiger partial charge in [0, 0.05) is 11.4 Å². The van der Waals surface area contributed by atoms with Crippen molar-refractivity contribution < 1.29 is 4.74 Å². The number of rotatable bonds is 5. The molecule has 0 bridgehead atoms. The third-order valence-electron chi connectivity index (χ3n) is 2.10. The average Bonchev–Trinajstić information content (AvgIpc) is 2.60. The molecule has 80 valence electrons. The molecule has 2 atom stereocenters. The molecule has 0 saturated heterocycles. The summed E-state index contributed by atoms with van der Waals surface area (Å²) in [5, 5.41) is 0. The van der Waals surface area contributed by atoms with Gasteiger partial charge in [0.1, 0.15) is 6.10 Å². The van der Waals surface area contributed by atoms with E-state index in [2.05, 4.69) is 13.8 Å². The van der Waals surface area contributed by atoms with Crippen LogP contribution in [0.4, 0.5) is 0 Å². The molecule has 0 fully saturated rings. The molecule has 2 N–H and O–H groups in total. The van der Waals surface area contributed by atoms with Crippen molar-refractivity contribution in [2.75, 3.05) is 6.54 Å².